The van der Waals surface area contributed by atoms with Gasteiger partial charge in [0.05, 0.1) is 13.2 Å². The molecule has 0 saturated heterocycles. The lowest BCUT2D eigenvalue weighted by atomic mass is 9.55. The molecule has 3 rings (SSSR count). The van der Waals surface area contributed by atoms with E-state index < -0.39 is 0 Å². The molecule has 1 spiro atoms. The van der Waals surface area contributed by atoms with Gasteiger partial charge in [0, 0.05) is 36.9 Å². The van der Waals surface area contributed by atoms with Gasteiger partial charge in [0.2, 0.25) is 5.88 Å². The van der Waals surface area contributed by atoms with Gasteiger partial charge in [-0.25, -0.2) is 4.98 Å². The maximum absolute atomic E-state index is 6.01. The number of hydrogen-bond donors (Lipinski definition) is 1. The summed E-state index contributed by atoms with van der Waals surface area (Å²) >= 11 is 0. The number of hydrogen-bond acceptors (Lipinski definition) is 4. The van der Waals surface area contributed by atoms with Crippen molar-refractivity contribution in [3.05, 3.63) is 23.9 Å². The summed E-state index contributed by atoms with van der Waals surface area (Å²) in [5, 5.41) is 3.76. The highest BCUT2D eigenvalue weighted by molar-refractivity contribution is 5.18. The van der Waals surface area contributed by atoms with Crippen molar-refractivity contribution in [3.63, 3.8) is 0 Å². The number of nitrogens with one attached hydrogen (secondary N) is 1. The molecule has 0 amide bonds. The van der Waals surface area contributed by atoms with Gasteiger partial charge in [-0.15, -0.1) is 0 Å². The average molecular weight is 304 g/mol. The van der Waals surface area contributed by atoms with Gasteiger partial charge in [0.15, 0.2) is 0 Å². The van der Waals surface area contributed by atoms with Crippen molar-refractivity contribution in [2.75, 3.05) is 13.7 Å². The van der Waals surface area contributed by atoms with Crippen LogP contribution in [-0.4, -0.2) is 30.8 Å². The fraction of sp³-hybridized carbons (Fsp3) is 0.722. The molecule has 2 atom stereocenters. The van der Waals surface area contributed by atoms with Gasteiger partial charge in [-0.3, -0.25) is 0 Å². The minimum Gasteiger partial charge on any atom is -0.481 e. The van der Waals surface area contributed by atoms with E-state index in [0.717, 1.165) is 19.6 Å². The lowest BCUT2D eigenvalue weighted by Crippen LogP contribution is -2.64. The first-order valence-electron chi connectivity index (χ1n) is 8.62. The van der Waals surface area contributed by atoms with Crippen LogP contribution in [-0.2, 0) is 11.3 Å². The molecular weight excluding hydrogens is 276 g/mol. The average Bonchev–Trinajstić information content (AvgIpc) is 2.58. The summed E-state index contributed by atoms with van der Waals surface area (Å²) in [5.41, 5.74) is 1.60. The topological polar surface area (TPSA) is 43.4 Å². The standard InChI is InChI=1S/C18H28N2O2/c1-3-22-16-11-15(18(16)9-5-4-6-10-18)19-12-14-7-8-17(21-2)20-13-14/h7-8,13,15-16,19H,3-6,9-12H2,1-2H3/t15-,16+/m0/s1. The highest BCUT2D eigenvalue weighted by atomic mass is 16.5. The van der Waals surface area contributed by atoms with Crippen LogP contribution >= 0.6 is 0 Å². The molecule has 4 heteroatoms. The molecule has 4 nitrogen and oxygen atoms in total. The number of rotatable bonds is 6. The largest absolute Gasteiger partial charge is 0.481 e. The molecule has 22 heavy (non-hydrogen) atoms. The maximum Gasteiger partial charge on any atom is 0.212 e. The molecule has 0 aromatic carbocycles. The van der Waals surface area contributed by atoms with Crippen LogP contribution < -0.4 is 10.1 Å². The van der Waals surface area contributed by atoms with Crippen LogP contribution in [0.25, 0.3) is 0 Å². The first-order chi connectivity index (χ1) is 10.8. The van der Waals surface area contributed by atoms with Crippen LogP contribution in [0.5, 0.6) is 5.88 Å². The third-order valence-corrected chi connectivity index (χ3v) is 5.50. The Balaban J connectivity index is 1.59. The minimum absolute atomic E-state index is 0.383. The van der Waals surface area contributed by atoms with Crippen molar-refractivity contribution >= 4 is 0 Å². The summed E-state index contributed by atoms with van der Waals surface area (Å²) in [7, 11) is 1.65. The fourth-order valence-electron chi connectivity index (χ4n) is 4.23. The van der Waals surface area contributed by atoms with Crippen molar-refractivity contribution in [2.24, 2.45) is 5.41 Å². The first kappa shape index (κ1) is 15.8. The summed E-state index contributed by atoms with van der Waals surface area (Å²) in [4.78, 5) is 4.28. The van der Waals surface area contributed by atoms with Crippen LogP contribution in [0.15, 0.2) is 18.3 Å². The molecule has 0 unspecified atom stereocenters. The van der Waals surface area contributed by atoms with Gasteiger partial charge in [-0.05, 0) is 31.7 Å². The number of ether oxygens (including phenoxy) is 2. The Bertz CT molecular complexity index is 468. The SMILES string of the molecule is CCO[C@@H]1C[C@H](NCc2ccc(OC)nc2)C12CCCCC2. The molecule has 1 aromatic heterocycles. The molecule has 1 N–H and O–H groups in total. The number of methoxy groups -OCH3 is 1. The van der Waals surface area contributed by atoms with E-state index in [0.29, 0.717) is 23.4 Å². The molecule has 0 aliphatic heterocycles. The van der Waals surface area contributed by atoms with Crippen LogP contribution in [0.3, 0.4) is 0 Å². The zero-order valence-electron chi connectivity index (χ0n) is 13.8. The molecular formula is C18H28N2O2. The molecule has 2 saturated carbocycles. The number of pyridine rings is 1. The molecule has 2 aliphatic rings. The van der Waals surface area contributed by atoms with Gasteiger partial charge in [0.1, 0.15) is 0 Å². The molecule has 0 radical (unpaired) electrons. The second-order valence-electron chi connectivity index (χ2n) is 6.62. The van der Waals surface area contributed by atoms with Crippen molar-refractivity contribution in [1.29, 1.82) is 0 Å². The van der Waals surface area contributed by atoms with Gasteiger partial charge in [-0.1, -0.05) is 25.3 Å². The second-order valence-corrected chi connectivity index (χ2v) is 6.62. The molecule has 1 heterocycles. The van der Waals surface area contributed by atoms with Gasteiger partial charge < -0.3 is 14.8 Å². The Kier molecular flexibility index (Phi) is 4.99. The van der Waals surface area contributed by atoms with E-state index in [9.17, 15) is 0 Å². The highest BCUT2D eigenvalue weighted by Crippen LogP contribution is 2.53. The number of aromatic nitrogens is 1. The molecule has 0 bridgehead atoms. The maximum atomic E-state index is 6.01. The van der Waals surface area contributed by atoms with Crippen molar-refractivity contribution in [2.45, 2.75) is 64.1 Å². The fourth-order valence-corrected chi connectivity index (χ4v) is 4.23. The predicted molar refractivity (Wildman–Crippen MR) is 87.0 cm³/mol. The highest BCUT2D eigenvalue weighted by Gasteiger charge is 2.55. The van der Waals surface area contributed by atoms with E-state index in [4.69, 9.17) is 9.47 Å². The van der Waals surface area contributed by atoms with Crippen molar-refractivity contribution in [3.8, 4) is 5.88 Å². The zero-order valence-corrected chi connectivity index (χ0v) is 13.8. The Hall–Kier alpha value is -1.13. The molecule has 2 aliphatic carbocycles. The Morgan fingerprint density at radius 1 is 1.27 bits per heavy atom. The first-order valence-corrected chi connectivity index (χ1v) is 8.62. The Morgan fingerprint density at radius 2 is 2.09 bits per heavy atom. The quantitative estimate of drug-likeness (QED) is 0.875. The third kappa shape index (κ3) is 2.99. The van der Waals surface area contributed by atoms with Gasteiger partial charge in [0.25, 0.3) is 0 Å². The van der Waals surface area contributed by atoms with E-state index in [2.05, 4.69) is 23.3 Å². The second kappa shape index (κ2) is 6.97. The molecule has 1 aromatic rings. The van der Waals surface area contributed by atoms with Gasteiger partial charge in [-0.2, -0.15) is 0 Å². The summed E-state index contributed by atoms with van der Waals surface area (Å²) < 4.78 is 11.1. The summed E-state index contributed by atoms with van der Waals surface area (Å²) in [5.74, 6) is 0.674. The van der Waals surface area contributed by atoms with E-state index >= 15 is 0 Å². The minimum atomic E-state index is 0.383. The lowest BCUT2D eigenvalue weighted by molar-refractivity contribution is -0.150. The van der Waals surface area contributed by atoms with Gasteiger partial charge >= 0.3 is 0 Å². The Labute approximate surface area is 133 Å². The number of nitrogens with zero attached hydrogens (tertiary/aromatic N) is 1. The van der Waals surface area contributed by atoms with E-state index in [1.54, 1.807) is 7.11 Å². The monoisotopic (exact) mass is 304 g/mol. The van der Waals surface area contributed by atoms with E-state index in [1.165, 1.54) is 37.7 Å². The van der Waals surface area contributed by atoms with Crippen LogP contribution in [0, 0.1) is 5.41 Å². The smallest absolute Gasteiger partial charge is 0.212 e. The third-order valence-electron chi connectivity index (χ3n) is 5.50. The predicted octanol–water partition coefficient (Wildman–Crippen LogP) is 3.31. The Morgan fingerprint density at radius 3 is 2.73 bits per heavy atom. The van der Waals surface area contributed by atoms with Crippen LogP contribution in [0.1, 0.15) is 51.0 Å². The van der Waals surface area contributed by atoms with E-state index in [1.807, 2.05) is 12.3 Å². The molecule has 2 fully saturated rings. The van der Waals surface area contributed by atoms with E-state index in [-0.39, 0.29) is 0 Å². The van der Waals surface area contributed by atoms with Crippen molar-refractivity contribution < 1.29 is 9.47 Å². The zero-order chi connectivity index (χ0) is 15.4. The van der Waals surface area contributed by atoms with Crippen molar-refractivity contribution in [1.82, 2.24) is 10.3 Å². The lowest BCUT2D eigenvalue weighted by Gasteiger charge is -2.58. The summed E-state index contributed by atoms with van der Waals surface area (Å²) in [6.45, 7) is 3.82. The summed E-state index contributed by atoms with van der Waals surface area (Å²) in [6.07, 6.45) is 10.2. The van der Waals surface area contributed by atoms with Crippen LogP contribution in [0.4, 0.5) is 0 Å². The van der Waals surface area contributed by atoms with Crippen LogP contribution in [0.2, 0.25) is 0 Å². The normalized spacial score (nSPS) is 26.6. The summed E-state index contributed by atoms with van der Waals surface area (Å²) in [6, 6.07) is 4.61. The molecule has 122 valence electrons.